The van der Waals surface area contributed by atoms with Gasteiger partial charge in [0.2, 0.25) is 5.95 Å². The van der Waals surface area contributed by atoms with Gasteiger partial charge in [-0.25, -0.2) is 4.98 Å². The monoisotopic (exact) mass is 474 g/mol. The van der Waals surface area contributed by atoms with Crippen LogP contribution in [0.5, 0.6) is 0 Å². The maximum atomic E-state index is 6.44. The van der Waals surface area contributed by atoms with Gasteiger partial charge in [-0.3, -0.25) is 4.36 Å². The van der Waals surface area contributed by atoms with Gasteiger partial charge in [0, 0.05) is 48.3 Å². The van der Waals surface area contributed by atoms with E-state index in [-0.39, 0.29) is 16.7 Å². The molecular formula is C27H34N6S. The molecule has 1 aromatic heterocycles. The Bertz CT molecular complexity index is 1240. The van der Waals surface area contributed by atoms with Crippen LogP contribution < -0.4 is 15.5 Å². The summed E-state index contributed by atoms with van der Waals surface area (Å²) < 4.78 is 5.18. The average Bonchev–Trinajstić information content (AvgIpc) is 3.65. The molecule has 178 valence electrons. The highest BCUT2D eigenvalue weighted by Crippen LogP contribution is 2.33. The molecule has 3 aromatic rings. The molecule has 1 saturated carbocycles. The molecule has 7 heteroatoms. The van der Waals surface area contributed by atoms with Crippen molar-refractivity contribution in [3.8, 4) is 0 Å². The molecule has 0 amide bonds. The molecular weight excluding hydrogens is 440 g/mol. The van der Waals surface area contributed by atoms with Gasteiger partial charge in [0.05, 0.1) is 11.6 Å². The van der Waals surface area contributed by atoms with Crippen molar-refractivity contribution in [3.05, 3.63) is 53.6 Å². The van der Waals surface area contributed by atoms with Crippen LogP contribution in [-0.2, 0) is 17.2 Å². The Morgan fingerprint density at radius 2 is 1.91 bits per heavy atom. The molecule has 6 nitrogen and oxygen atoms in total. The van der Waals surface area contributed by atoms with E-state index in [1.54, 1.807) is 0 Å². The second-order valence-electron chi connectivity index (χ2n) is 10.3. The van der Waals surface area contributed by atoms with Gasteiger partial charge in [-0.2, -0.15) is 4.98 Å². The Balaban J connectivity index is 1.42. The first-order valence-corrected chi connectivity index (χ1v) is 13.9. The highest BCUT2D eigenvalue weighted by atomic mass is 32.2. The van der Waals surface area contributed by atoms with E-state index in [2.05, 4.69) is 66.1 Å². The maximum Gasteiger partial charge on any atom is 0.228 e. The number of hydrogen-bond acceptors (Lipinski definition) is 6. The average molecular weight is 475 g/mol. The summed E-state index contributed by atoms with van der Waals surface area (Å²) in [5.41, 5.74) is 10.0. The number of aromatic nitrogens is 2. The standard InChI is InChI=1S/C27H34N6S/c1-18-7-10-24-23(14-18)26(33-15-19(2)13-21(28)17-33)30-27(29-24)32-11-12-34(31-22-8-9-22)25-6-4-3-5-20(25)16-32/h3-7,10,14,19,21-22H,8-9,11-13,15-17,28H2,1-2H3/t19-,21-,34?/m0/s1. The quantitative estimate of drug-likeness (QED) is 0.607. The first kappa shape index (κ1) is 22.0. The summed E-state index contributed by atoms with van der Waals surface area (Å²) in [7, 11) is -0.0476. The fourth-order valence-corrected chi connectivity index (χ4v) is 7.34. The summed E-state index contributed by atoms with van der Waals surface area (Å²) in [6.45, 7) is 8.00. The fourth-order valence-electron chi connectivity index (χ4n) is 5.27. The van der Waals surface area contributed by atoms with Crippen molar-refractivity contribution >= 4 is 33.4 Å². The Kier molecular flexibility index (Phi) is 5.77. The molecule has 0 bridgehead atoms. The lowest BCUT2D eigenvalue weighted by Crippen LogP contribution is -2.47. The summed E-state index contributed by atoms with van der Waals surface area (Å²) in [4.78, 5) is 16.5. The van der Waals surface area contributed by atoms with Gasteiger partial charge >= 0.3 is 0 Å². The van der Waals surface area contributed by atoms with Gasteiger partial charge in [0.25, 0.3) is 0 Å². The zero-order valence-corrected chi connectivity index (χ0v) is 21.0. The first-order chi connectivity index (χ1) is 16.5. The van der Waals surface area contributed by atoms with Gasteiger partial charge in [0.15, 0.2) is 0 Å². The number of piperidine rings is 1. The summed E-state index contributed by atoms with van der Waals surface area (Å²) in [5, 5.41) is 1.13. The smallest absolute Gasteiger partial charge is 0.228 e. The predicted molar refractivity (Wildman–Crippen MR) is 142 cm³/mol. The molecule has 2 fully saturated rings. The zero-order valence-electron chi connectivity index (χ0n) is 20.2. The van der Waals surface area contributed by atoms with Crippen LogP contribution in [0.3, 0.4) is 0 Å². The van der Waals surface area contributed by atoms with Crippen LogP contribution >= 0.6 is 0 Å². The zero-order chi connectivity index (χ0) is 23.2. The van der Waals surface area contributed by atoms with Crippen LogP contribution in [0.2, 0.25) is 0 Å². The van der Waals surface area contributed by atoms with Crippen LogP contribution in [0.1, 0.15) is 37.3 Å². The largest absolute Gasteiger partial charge is 0.354 e. The first-order valence-electron chi connectivity index (χ1n) is 12.6. The molecule has 3 atom stereocenters. The van der Waals surface area contributed by atoms with Crippen molar-refractivity contribution in [2.45, 2.75) is 56.6 Å². The molecule has 6 rings (SSSR count). The minimum atomic E-state index is -0.0476. The lowest BCUT2D eigenvalue weighted by molar-refractivity contribution is 0.400. The third-order valence-corrected chi connectivity index (χ3v) is 9.09. The number of anilines is 2. The van der Waals surface area contributed by atoms with Gasteiger partial charge in [-0.15, -0.1) is 0 Å². The van der Waals surface area contributed by atoms with Crippen molar-refractivity contribution in [2.24, 2.45) is 16.0 Å². The second kappa shape index (κ2) is 8.93. The SMILES string of the molecule is Cc1ccc2nc(N3CCS(=NC4CC4)c4ccccc4C3)nc(N3C[C@@H](C)C[C@H](N)C3)c2c1. The summed E-state index contributed by atoms with van der Waals surface area (Å²) >= 11 is 0. The Hall–Kier alpha value is -2.51. The highest BCUT2D eigenvalue weighted by Gasteiger charge is 2.28. The Labute approximate surface area is 204 Å². The number of rotatable bonds is 3. The Morgan fingerprint density at radius 1 is 1.06 bits per heavy atom. The van der Waals surface area contributed by atoms with Crippen LogP contribution in [0.4, 0.5) is 11.8 Å². The van der Waals surface area contributed by atoms with E-state index >= 15 is 0 Å². The molecule has 2 N–H and O–H groups in total. The number of fused-ring (bicyclic) bond motifs is 2. The van der Waals surface area contributed by atoms with Gasteiger partial charge < -0.3 is 15.5 Å². The van der Waals surface area contributed by atoms with E-state index in [0.29, 0.717) is 12.0 Å². The molecule has 1 unspecified atom stereocenters. The maximum absolute atomic E-state index is 6.44. The molecule has 3 aliphatic rings. The Morgan fingerprint density at radius 3 is 2.74 bits per heavy atom. The molecule has 0 spiro atoms. The third-order valence-electron chi connectivity index (χ3n) is 7.06. The molecule has 1 aliphatic carbocycles. The van der Waals surface area contributed by atoms with Crippen molar-refractivity contribution < 1.29 is 0 Å². The van der Waals surface area contributed by atoms with Gasteiger partial charge in [0.1, 0.15) is 5.82 Å². The number of nitrogens with zero attached hydrogens (tertiary/aromatic N) is 5. The number of aryl methyl sites for hydroxylation is 1. The molecule has 1 saturated heterocycles. The van der Waals surface area contributed by atoms with E-state index < -0.39 is 0 Å². The number of nitrogens with two attached hydrogens (primary N) is 1. The topological polar surface area (TPSA) is 70.6 Å². The van der Waals surface area contributed by atoms with Crippen LogP contribution in [-0.4, -0.2) is 47.4 Å². The predicted octanol–water partition coefficient (Wildman–Crippen LogP) is 4.46. The minimum absolute atomic E-state index is 0.0476. The third kappa shape index (κ3) is 4.43. The van der Waals surface area contributed by atoms with Gasteiger partial charge in [-0.05, 0) is 55.9 Å². The molecule has 0 radical (unpaired) electrons. The highest BCUT2D eigenvalue weighted by molar-refractivity contribution is 7.87. The lowest BCUT2D eigenvalue weighted by atomic mass is 9.96. The van der Waals surface area contributed by atoms with E-state index in [9.17, 15) is 0 Å². The van der Waals surface area contributed by atoms with Crippen LogP contribution in [0.15, 0.2) is 51.7 Å². The molecule has 2 aliphatic heterocycles. The van der Waals surface area contributed by atoms with Crippen molar-refractivity contribution in [1.29, 1.82) is 0 Å². The van der Waals surface area contributed by atoms with Crippen molar-refractivity contribution in [1.82, 2.24) is 9.97 Å². The fraction of sp³-hybridized carbons (Fsp3) is 0.481. The lowest BCUT2D eigenvalue weighted by Gasteiger charge is -2.36. The minimum Gasteiger partial charge on any atom is -0.354 e. The second-order valence-corrected chi connectivity index (χ2v) is 12.1. The van der Waals surface area contributed by atoms with Crippen LogP contribution in [0, 0.1) is 12.8 Å². The number of benzene rings is 2. The molecule has 2 aromatic carbocycles. The molecule has 3 heterocycles. The van der Waals surface area contributed by atoms with Crippen molar-refractivity contribution in [2.75, 3.05) is 35.2 Å². The number of hydrogen-bond donors (Lipinski definition) is 1. The van der Waals surface area contributed by atoms with E-state index in [1.165, 1.54) is 28.9 Å². The van der Waals surface area contributed by atoms with E-state index in [0.717, 1.165) is 61.0 Å². The van der Waals surface area contributed by atoms with Crippen LogP contribution in [0.25, 0.3) is 10.9 Å². The van der Waals surface area contributed by atoms with E-state index in [4.69, 9.17) is 20.1 Å². The van der Waals surface area contributed by atoms with E-state index in [1.807, 2.05) is 0 Å². The van der Waals surface area contributed by atoms with Gasteiger partial charge in [-0.1, -0.05) is 47.4 Å². The summed E-state index contributed by atoms with van der Waals surface area (Å²) in [5.74, 6) is 3.44. The normalized spacial score (nSPS) is 25.4. The summed E-state index contributed by atoms with van der Waals surface area (Å²) in [6, 6.07) is 16.1. The van der Waals surface area contributed by atoms with Crippen molar-refractivity contribution in [3.63, 3.8) is 0 Å². The molecule has 34 heavy (non-hydrogen) atoms. The summed E-state index contributed by atoms with van der Waals surface area (Å²) in [6.07, 6.45) is 3.58.